The van der Waals surface area contributed by atoms with Crippen LogP contribution in [0.4, 0.5) is 5.82 Å². The highest BCUT2D eigenvalue weighted by Crippen LogP contribution is 2.18. The van der Waals surface area contributed by atoms with E-state index in [-0.39, 0.29) is 5.82 Å². The first-order valence-electron chi connectivity index (χ1n) is 4.21. The van der Waals surface area contributed by atoms with E-state index in [1.54, 1.807) is 0 Å². The van der Waals surface area contributed by atoms with Crippen LogP contribution in [0, 0.1) is 0 Å². The van der Waals surface area contributed by atoms with Crippen molar-refractivity contribution in [2.45, 2.75) is 12.2 Å². The zero-order valence-electron chi connectivity index (χ0n) is 8.12. The Balaban J connectivity index is 2.84. The minimum atomic E-state index is -1.63. The number of aliphatic hydroxyl groups excluding tert-OH is 2. The average molecular weight is 212 g/mol. The lowest BCUT2D eigenvalue weighted by Crippen LogP contribution is -2.29. The van der Waals surface area contributed by atoms with Gasteiger partial charge in [-0.2, -0.15) is 0 Å². The van der Waals surface area contributed by atoms with Gasteiger partial charge >= 0.3 is 5.97 Å². The molecule has 2 unspecified atom stereocenters. The molecule has 82 valence electrons. The fourth-order valence-electron chi connectivity index (χ4n) is 1.08. The molecule has 0 spiro atoms. The molecule has 0 radical (unpaired) electrons. The van der Waals surface area contributed by atoms with Crippen molar-refractivity contribution in [2.75, 3.05) is 12.8 Å². The molecule has 1 rings (SSSR count). The van der Waals surface area contributed by atoms with E-state index in [9.17, 15) is 15.0 Å². The molecule has 15 heavy (non-hydrogen) atoms. The van der Waals surface area contributed by atoms with Crippen molar-refractivity contribution in [2.24, 2.45) is 0 Å². The molecule has 1 aromatic rings. The summed E-state index contributed by atoms with van der Waals surface area (Å²) in [6.07, 6.45) is -1.63. The number of pyridine rings is 1. The number of aromatic nitrogens is 1. The van der Waals surface area contributed by atoms with Crippen LogP contribution in [0.3, 0.4) is 0 Å². The number of carbonyl (C=O) groups excluding carboxylic acids is 1. The average Bonchev–Trinajstić information content (AvgIpc) is 2.26. The van der Waals surface area contributed by atoms with Crippen molar-refractivity contribution in [3.05, 3.63) is 23.9 Å². The molecule has 4 N–H and O–H groups in total. The maximum atomic E-state index is 10.9. The number of aliphatic hydroxyl groups is 2. The molecule has 0 bridgehead atoms. The van der Waals surface area contributed by atoms with E-state index in [0.29, 0.717) is 5.56 Å². The maximum Gasteiger partial charge on any atom is 0.337 e. The lowest BCUT2D eigenvalue weighted by molar-refractivity contribution is -0.156. The second-order valence-corrected chi connectivity index (χ2v) is 2.93. The molecule has 6 heteroatoms. The first-order valence-corrected chi connectivity index (χ1v) is 4.21. The Labute approximate surface area is 86.3 Å². The largest absolute Gasteiger partial charge is 0.467 e. The van der Waals surface area contributed by atoms with Gasteiger partial charge in [0.25, 0.3) is 0 Å². The van der Waals surface area contributed by atoms with Gasteiger partial charge in [-0.1, -0.05) is 0 Å². The molecule has 0 aliphatic carbocycles. The van der Waals surface area contributed by atoms with Crippen molar-refractivity contribution in [1.29, 1.82) is 0 Å². The molecule has 2 atom stereocenters. The molecule has 1 aromatic heterocycles. The first kappa shape index (κ1) is 11.4. The molecular weight excluding hydrogens is 200 g/mol. The zero-order valence-corrected chi connectivity index (χ0v) is 8.12. The third kappa shape index (κ3) is 2.64. The van der Waals surface area contributed by atoms with Gasteiger partial charge in [-0.15, -0.1) is 0 Å². The highest BCUT2D eigenvalue weighted by molar-refractivity contribution is 5.75. The number of hydrogen-bond acceptors (Lipinski definition) is 6. The van der Waals surface area contributed by atoms with Crippen molar-refractivity contribution in [3.8, 4) is 0 Å². The summed E-state index contributed by atoms with van der Waals surface area (Å²) >= 11 is 0. The van der Waals surface area contributed by atoms with E-state index in [4.69, 9.17) is 5.73 Å². The van der Waals surface area contributed by atoms with Crippen LogP contribution in [0.1, 0.15) is 11.7 Å². The summed E-state index contributed by atoms with van der Waals surface area (Å²) in [4.78, 5) is 14.6. The van der Waals surface area contributed by atoms with Crippen molar-refractivity contribution >= 4 is 11.8 Å². The van der Waals surface area contributed by atoms with Crippen molar-refractivity contribution in [1.82, 2.24) is 4.98 Å². The standard InChI is InChI=1S/C9H12N2O4/c1-15-9(14)8(13)7(12)5-2-3-11-6(10)4-5/h2-4,7-8,12-13H,1H3,(H2,10,11). The normalized spacial score (nSPS) is 14.3. The summed E-state index contributed by atoms with van der Waals surface area (Å²) in [6, 6.07) is 2.82. The van der Waals surface area contributed by atoms with Crippen LogP contribution in [-0.2, 0) is 9.53 Å². The second-order valence-electron chi connectivity index (χ2n) is 2.93. The van der Waals surface area contributed by atoms with Gasteiger partial charge in [-0.3, -0.25) is 0 Å². The number of nitrogens with two attached hydrogens (primary N) is 1. The highest BCUT2D eigenvalue weighted by atomic mass is 16.5. The third-order valence-corrected chi connectivity index (χ3v) is 1.89. The first-order chi connectivity index (χ1) is 7.06. The molecular formula is C9H12N2O4. The molecule has 0 aliphatic heterocycles. The Morgan fingerprint density at radius 1 is 1.60 bits per heavy atom. The second kappa shape index (κ2) is 4.72. The SMILES string of the molecule is COC(=O)C(O)C(O)c1ccnc(N)c1. The Kier molecular flexibility index (Phi) is 3.59. The predicted octanol–water partition coefficient (Wildman–Crippen LogP) is -0.769. The minimum Gasteiger partial charge on any atom is -0.467 e. The van der Waals surface area contributed by atoms with Gasteiger partial charge in [0.05, 0.1) is 7.11 Å². The van der Waals surface area contributed by atoms with Gasteiger partial charge in [-0.05, 0) is 17.7 Å². The number of methoxy groups -OCH3 is 1. The van der Waals surface area contributed by atoms with Crippen LogP contribution in [0.5, 0.6) is 0 Å². The van der Waals surface area contributed by atoms with E-state index < -0.39 is 18.2 Å². The monoisotopic (exact) mass is 212 g/mol. The van der Waals surface area contributed by atoms with E-state index in [1.165, 1.54) is 18.3 Å². The summed E-state index contributed by atoms with van der Waals surface area (Å²) in [5.74, 6) is -0.707. The molecule has 0 saturated heterocycles. The van der Waals surface area contributed by atoms with Gasteiger partial charge in [-0.25, -0.2) is 9.78 Å². The van der Waals surface area contributed by atoms with Crippen LogP contribution < -0.4 is 5.73 Å². The van der Waals surface area contributed by atoms with Gasteiger partial charge in [0.1, 0.15) is 11.9 Å². The maximum absolute atomic E-state index is 10.9. The molecule has 0 saturated carbocycles. The number of nitrogen functional groups attached to an aromatic ring is 1. The molecule has 0 amide bonds. The van der Waals surface area contributed by atoms with Gasteiger partial charge < -0.3 is 20.7 Å². The van der Waals surface area contributed by atoms with Crippen LogP contribution >= 0.6 is 0 Å². The summed E-state index contributed by atoms with van der Waals surface area (Å²) in [5.41, 5.74) is 5.69. The quantitative estimate of drug-likeness (QED) is 0.568. The Morgan fingerprint density at radius 3 is 2.80 bits per heavy atom. The minimum absolute atomic E-state index is 0.198. The molecule has 0 fully saturated rings. The highest BCUT2D eigenvalue weighted by Gasteiger charge is 2.26. The fourth-order valence-corrected chi connectivity index (χ4v) is 1.08. The molecule has 1 heterocycles. The third-order valence-electron chi connectivity index (χ3n) is 1.89. The number of ether oxygens (including phenoxy) is 1. The summed E-state index contributed by atoms with van der Waals surface area (Å²) in [6.45, 7) is 0. The predicted molar refractivity (Wildman–Crippen MR) is 51.6 cm³/mol. The Morgan fingerprint density at radius 2 is 2.27 bits per heavy atom. The van der Waals surface area contributed by atoms with E-state index in [2.05, 4.69) is 9.72 Å². The van der Waals surface area contributed by atoms with Crippen LogP contribution in [0.2, 0.25) is 0 Å². The molecule has 6 nitrogen and oxygen atoms in total. The topological polar surface area (TPSA) is 106 Å². The Bertz CT molecular complexity index is 356. The van der Waals surface area contributed by atoms with Gasteiger partial charge in [0, 0.05) is 6.20 Å². The summed E-state index contributed by atoms with van der Waals surface area (Å²) < 4.78 is 4.29. The number of anilines is 1. The van der Waals surface area contributed by atoms with Crippen LogP contribution in [0.15, 0.2) is 18.3 Å². The number of esters is 1. The van der Waals surface area contributed by atoms with E-state index in [0.717, 1.165) is 7.11 Å². The lowest BCUT2D eigenvalue weighted by Gasteiger charge is -2.15. The number of nitrogens with zero attached hydrogens (tertiary/aromatic N) is 1. The lowest BCUT2D eigenvalue weighted by atomic mass is 10.1. The van der Waals surface area contributed by atoms with E-state index >= 15 is 0 Å². The summed E-state index contributed by atoms with van der Waals surface area (Å²) in [5, 5.41) is 18.9. The fraction of sp³-hybridized carbons (Fsp3) is 0.333. The molecule has 0 aromatic carbocycles. The van der Waals surface area contributed by atoms with Gasteiger partial charge in [0.15, 0.2) is 6.10 Å². The van der Waals surface area contributed by atoms with Gasteiger partial charge in [0.2, 0.25) is 0 Å². The van der Waals surface area contributed by atoms with Crippen molar-refractivity contribution in [3.63, 3.8) is 0 Å². The Hall–Kier alpha value is -1.66. The number of hydrogen-bond donors (Lipinski definition) is 3. The van der Waals surface area contributed by atoms with Crippen molar-refractivity contribution < 1.29 is 19.7 Å². The van der Waals surface area contributed by atoms with Crippen LogP contribution in [0.25, 0.3) is 0 Å². The molecule has 0 aliphatic rings. The van der Waals surface area contributed by atoms with Crippen LogP contribution in [-0.4, -0.2) is 34.4 Å². The van der Waals surface area contributed by atoms with E-state index in [1.807, 2.05) is 0 Å². The smallest absolute Gasteiger partial charge is 0.337 e. The number of rotatable bonds is 3. The zero-order chi connectivity index (χ0) is 11.4. The summed E-state index contributed by atoms with van der Waals surface area (Å²) in [7, 11) is 1.12. The number of carbonyl (C=O) groups is 1.